The monoisotopic (exact) mass is 273 g/mol. The van der Waals surface area contributed by atoms with Crippen LogP contribution < -0.4 is 0 Å². The lowest BCUT2D eigenvalue weighted by Crippen LogP contribution is -2.34. The highest BCUT2D eigenvalue weighted by atomic mass is 32.2. The Labute approximate surface area is 118 Å². The van der Waals surface area contributed by atoms with Crippen LogP contribution >= 0.6 is 11.8 Å². The molecule has 0 spiro atoms. The van der Waals surface area contributed by atoms with Gasteiger partial charge < -0.3 is 4.74 Å². The van der Waals surface area contributed by atoms with Gasteiger partial charge in [-0.15, -0.1) is 0 Å². The minimum Gasteiger partial charge on any atom is -0.362 e. The summed E-state index contributed by atoms with van der Waals surface area (Å²) in [7, 11) is 0. The number of unbranched alkanes of at least 4 members (excludes halogenated alkanes) is 1. The Hall–Kier alpha value is 0.270. The minimum absolute atomic E-state index is 0.471. The number of likely N-dealkylation sites (tertiary alicyclic amines) is 1. The molecule has 1 unspecified atom stereocenters. The van der Waals surface area contributed by atoms with E-state index in [4.69, 9.17) is 4.74 Å². The van der Waals surface area contributed by atoms with Crippen molar-refractivity contribution in [3.05, 3.63) is 0 Å². The van der Waals surface area contributed by atoms with Gasteiger partial charge in [0.05, 0.1) is 12.8 Å². The van der Waals surface area contributed by atoms with E-state index in [-0.39, 0.29) is 0 Å². The molecule has 0 amide bonds. The van der Waals surface area contributed by atoms with Crippen molar-refractivity contribution in [2.24, 2.45) is 0 Å². The van der Waals surface area contributed by atoms with Gasteiger partial charge in [-0.25, -0.2) is 0 Å². The minimum atomic E-state index is 0.471. The Balaban J connectivity index is 2.11. The maximum absolute atomic E-state index is 6.11. The van der Waals surface area contributed by atoms with Crippen LogP contribution in [0.3, 0.4) is 0 Å². The quantitative estimate of drug-likeness (QED) is 0.555. The van der Waals surface area contributed by atoms with Crippen LogP contribution in [0.15, 0.2) is 0 Å². The molecule has 1 saturated heterocycles. The summed E-state index contributed by atoms with van der Waals surface area (Å²) in [6.45, 7) is 7.85. The second kappa shape index (κ2) is 11.1. The van der Waals surface area contributed by atoms with Gasteiger partial charge in [0.25, 0.3) is 0 Å². The molecule has 0 bridgehead atoms. The molecule has 1 heterocycles. The smallest absolute Gasteiger partial charge is 0.0994 e. The highest BCUT2D eigenvalue weighted by Gasteiger charge is 2.13. The first kappa shape index (κ1) is 16.3. The van der Waals surface area contributed by atoms with E-state index in [1.807, 2.05) is 0 Å². The van der Waals surface area contributed by atoms with E-state index in [0.29, 0.717) is 6.10 Å². The van der Waals surface area contributed by atoms with Crippen molar-refractivity contribution in [1.29, 1.82) is 0 Å². The van der Waals surface area contributed by atoms with Crippen LogP contribution in [-0.4, -0.2) is 42.3 Å². The zero-order valence-corrected chi connectivity index (χ0v) is 13.1. The summed E-state index contributed by atoms with van der Waals surface area (Å²) in [6.07, 6.45) is 9.68. The molecule has 1 aliphatic heterocycles. The predicted octanol–water partition coefficient (Wildman–Crippen LogP) is 4.15. The number of rotatable bonds is 10. The van der Waals surface area contributed by atoms with E-state index in [2.05, 4.69) is 30.5 Å². The Morgan fingerprint density at radius 2 is 1.89 bits per heavy atom. The van der Waals surface area contributed by atoms with E-state index in [1.54, 1.807) is 0 Å². The van der Waals surface area contributed by atoms with Crippen molar-refractivity contribution in [2.45, 2.75) is 64.9 Å². The van der Waals surface area contributed by atoms with Gasteiger partial charge in [0.1, 0.15) is 0 Å². The van der Waals surface area contributed by atoms with E-state index >= 15 is 0 Å². The fourth-order valence-electron chi connectivity index (χ4n) is 2.30. The van der Waals surface area contributed by atoms with Gasteiger partial charge in [0.15, 0.2) is 0 Å². The van der Waals surface area contributed by atoms with Gasteiger partial charge in [-0.05, 0) is 31.4 Å². The molecule has 2 nitrogen and oxygen atoms in total. The molecule has 0 saturated carbocycles. The second-order valence-electron chi connectivity index (χ2n) is 5.31. The summed E-state index contributed by atoms with van der Waals surface area (Å²) in [4.78, 5) is 2.48. The SMILES string of the molecule is CCCCSCC(CCC)OCN1CCCCC1. The number of nitrogens with zero attached hydrogens (tertiary/aromatic N) is 1. The van der Waals surface area contributed by atoms with E-state index in [0.717, 1.165) is 6.73 Å². The van der Waals surface area contributed by atoms with Crippen LogP contribution in [0.1, 0.15) is 58.8 Å². The van der Waals surface area contributed by atoms with Gasteiger partial charge in [-0.2, -0.15) is 11.8 Å². The van der Waals surface area contributed by atoms with Crippen LogP contribution in [0.5, 0.6) is 0 Å². The maximum atomic E-state index is 6.11. The van der Waals surface area contributed by atoms with E-state index in [1.165, 1.54) is 69.5 Å². The lowest BCUT2D eigenvalue weighted by Gasteiger charge is -2.28. The topological polar surface area (TPSA) is 12.5 Å². The summed E-state index contributed by atoms with van der Waals surface area (Å²) in [5, 5.41) is 0. The van der Waals surface area contributed by atoms with Crippen molar-refractivity contribution < 1.29 is 4.74 Å². The third-order valence-electron chi connectivity index (χ3n) is 3.50. The highest BCUT2D eigenvalue weighted by Crippen LogP contribution is 2.14. The van der Waals surface area contributed by atoms with Crippen molar-refractivity contribution >= 4 is 11.8 Å². The maximum Gasteiger partial charge on any atom is 0.0994 e. The summed E-state index contributed by atoms with van der Waals surface area (Å²) in [5.41, 5.74) is 0. The zero-order chi connectivity index (χ0) is 13.1. The molecule has 108 valence electrons. The van der Waals surface area contributed by atoms with Crippen molar-refractivity contribution in [2.75, 3.05) is 31.3 Å². The van der Waals surface area contributed by atoms with Crippen molar-refractivity contribution in [1.82, 2.24) is 4.90 Å². The van der Waals surface area contributed by atoms with Gasteiger partial charge in [0, 0.05) is 18.8 Å². The Morgan fingerprint density at radius 1 is 1.11 bits per heavy atom. The zero-order valence-electron chi connectivity index (χ0n) is 12.3. The van der Waals surface area contributed by atoms with E-state index < -0.39 is 0 Å². The van der Waals surface area contributed by atoms with Gasteiger partial charge in [-0.3, -0.25) is 4.90 Å². The molecule has 1 rings (SSSR count). The molecule has 1 atom stereocenters. The largest absolute Gasteiger partial charge is 0.362 e. The average molecular weight is 273 g/mol. The molecular formula is C15H31NOS. The molecule has 18 heavy (non-hydrogen) atoms. The normalized spacial score (nSPS) is 19.0. The number of hydrogen-bond acceptors (Lipinski definition) is 3. The molecule has 0 N–H and O–H groups in total. The third-order valence-corrected chi connectivity index (χ3v) is 4.68. The van der Waals surface area contributed by atoms with Crippen LogP contribution in [-0.2, 0) is 4.74 Å². The summed E-state index contributed by atoms with van der Waals surface area (Å²) in [6, 6.07) is 0. The molecule has 0 aromatic carbocycles. The van der Waals surface area contributed by atoms with Crippen LogP contribution in [0.2, 0.25) is 0 Å². The molecule has 1 fully saturated rings. The first-order valence-electron chi connectivity index (χ1n) is 7.78. The summed E-state index contributed by atoms with van der Waals surface area (Å²) >= 11 is 2.07. The standard InChI is InChI=1S/C15H31NOS/c1-3-5-12-18-13-15(9-4-2)17-14-16-10-7-6-8-11-16/h15H,3-14H2,1-2H3. The summed E-state index contributed by atoms with van der Waals surface area (Å²) < 4.78 is 6.11. The van der Waals surface area contributed by atoms with Gasteiger partial charge in [-0.1, -0.05) is 33.1 Å². The molecule has 0 aromatic heterocycles. The third kappa shape index (κ3) is 7.65. The molecule has 3 heteroatoms. The first-order valence-corrected chi connectivity index (χ1v) is 8.94. The number of thioether (sulfide) groups is 1. The number of hydrogen-bond donors (Lipinski definition) is 0. The Bertz CT molecular complexity index is 183. The fraction of sp³-hybridized carbons (Fsp3) is 1.00. The molecule has 0 aromatic rings. The number of ether oxygens (including phenoxy) is 1. The second-order valence-corrected chi connectivity index (χ2v) is 6.46. The fourth-order valence-corrected chi connectivity index (χ4v) is 3.48. The molecule has 1 aliphatic rings. The van der Waals surface area contributed by atoms with Gasteiger partial charge in [0.2, 0.25) is 0 Å². The molecule has 0 aliphatic carbocycles. The average Bonchev–Trinajstić information content (AvgIpc) is 2.42. The number of piperidine rings is 1. The predicted molar refractivity (Wildman–Crippen MR) is 82.3 cm³/mol. The van der Waals surface area contributed by atoms with Crippen molar-refractivity contribution in [3.8, 4) is 0 Å². The lowest BCUT2D eigenvalue weighted by atomic mass is 10.1. The Morgan fingerprint density at radius 3 is 2.56 bits per heavy atom. The lowest BCUT2D eigenvalue weighted by molar-refractivity contribution is -0.0223. The van der Waals surface area contributed by atoms with Crippen LogP contribution in [0.25, 0.3) is 0 Å². The van der Waals surface area contributed by atoms with E-state index in [9.17, 15) is 0 Å². The highest BCUT2D eigenvalue weighted by molar-refractivity contribution is 7.99. The van der Waals surface area contributed by atoms with Crippen molar-refractivity contribution in [3.63, 3.8) is 0 Å². The summed E-state index contributed by atoms with van der Waals surface area (Å²) in [5.74, 6) is 2.48. The first-order chi connectivity index (χ1) is 8.86. The molecule has 0 radical (unpaired) electrons. The van der Waals surface area contributed by atoms with Gasteiger partial charge >= 0.3 is 0 Å². The molecular weight excluding hydrogens is 242 g/mol. The van der Waals surface area contributed by atoms with Crippen LogP contribution in [0.4, 0.5) is 0 Å². The Kier molecular flexibility index (Phi) is 10.1. The van der Waals surface area contributed by atoms with Crippen LogP contribution in [0, 0.1) is 0 Å².